The highest BCUT2D eigenvalue weighted by Crippen LogP contribution is 2.41. The van der Waals surface area contributed by atoms with Crippen LogP contribution in [0.25, 0.3) is 5.69 Å². The minimum Gasteiger partial charge on any atom is -0.383 e. The molecule has 1 atom stereocenters. The minimum absolute atomic E-state index is 0.00932. The summed E-state index contributed by atoms with van der Waals surface area (Å²) < 4.78 is 6.98. The van der Waals surface area contributed by atoms with E-state index >= 15 is 0 Å². The number of amides is 2. The van der Waals surface area contributed by atoms with Crippen molar-refractivity contribution in [2.24, 2.45) is 5.41 Å². The zero-order valence-corrected chi connectivity index (χ0v) is 17.4. The van der Waals surface area contributed by atoms with E-state index < -0.39 is 5.41 Å². The smallest absolute Gasteiger partial charge is 0.253 e. The summed E-state index contributed by atoms with van der Waals surface area (Å²) in [4.78, 5) is 29.6. The number of nitrogens with zero attached hydrogens (tertiary/aromatic N) is 4. The maximum Gasteiger partial charge on any atom is 0.253 e. The number of methoxy groups -OCH3 is 1. The fourth-order valence-electron chi connectivity index (χ4n) is 4.55. The maximum atomic E-state index is 13.0. The highest BCUT2D eigenvalue weighted by Gasteiger charge is 2.51. The Kier molecular flexibility index (Phi) is 5.17. The Morgan fingerprint density at radius 2 is 1.90 bits per heavy atom. The van der Waals surface area contributed by atoms with Gasteiger partial charge in [0.2, 0.25) is 5.91 Å². The molecule has 29 heavy (non-hydrogen) atoms. The summed E-state index contributed by atoms with van der Waals surface area (Å²) in [5.74, 6) is 0.162. The van der Waals surface area contributed by atoms with Gasteiger partial charge in [-0.2, -0.15) is 5.10 Å². The van der Waals surface area contributed by atoms with Crippen LogP contribution in [0.1, 0.15) is 34.6 Å². The topological polar surface area (TPSA) is 67.7 Å². The van der Waals surface area contributed by atoms with Crippen LogP contribution in [-0.4, -0.2) is 71.3 Å². The first-order valence-electron chi connectivity index (χ1n) is 10.1. The fraction of sp³-hybridized carbons (Fsp3) is 0.500. The van der Waals surface area contributed by atoms with Crippen LogP contribution in [0.15, 0.2) is 30.3 Å². The van der Waals surface area contributed by atoms with Gasteiger partial charge in [-0.15, -0.1) is 0 Å². The quantitative estimate of drug-likeness (QED) is 0.777. The molecule has 2 aromatic rings. The van der Waals surface area contributed by atoms with Crippen molar-refractivity contribution < 1.29 is 14.3 Å². The number of carbonyl (C=O) groups is 2. The molecule has 3 heterocycles. The number of hydrogen-bond acceptors (Lipinski definition) is 4. The van der Waals surface area contributed by atoms with Crippen molar-refractivity contribution in [3.8, 4) is 5.69 Å². The van der Waals surface area contributed by atoms with Crippen molar-refractivity contribution in [1.29, 1.82) is 0 Å². The predicted molar refractivity (Wildman–Crippen MR) is 109 cm³/mol. The van der Waals surface area contributed by atoms with Crippen molar-refractivity contribution in [2.75, 3.05) is 39.9 Å². The molecule has 2 fully saturated rings. The zero-order chi connectivity index (χ0) is 20.6. The molecule has 2 aliphatic heterocycles. The highest BCUT2D eigenvalue weighted by atomic mass is 16.5. The van der Waals surface area contributed by atoms with Gasteiger partial charge in [0.15, 0.2) is 0 Å². The van der Waals surface area contributed by atoms with Gasteiger partial charge in [0, 0.05) is 44.5 Å². The lowest BCUT2D eigenvalue weighted by molar-refractivity contribution is -0.135. The standard InChI is InChI=1S/C22H28N4O3/c1-16-14-17(2)26(23-16)19-6-4-18(5-7-19)20(27)25-11-9-22(15-25)8-10-24(21(22)28)12-13-29-3/h4-7,14H,8-13,15H2,1-3H3. The lowest BCUT2D eigenvalue weighted by Gasteiger charge is -2.23. The average molecular weight is 396 g/mol. The third kappa shape index (κ3) is 3.55. The molecule has 0 N–H and O–H groups in total. The van der Waals surface area contributed by atoms with E-state index in [2.05, 4.69) is 5.10 Å². The first-order chi connectivity index (χ1) is 13.9. The summed E-state index contributed by atoms with van der Waals surface area (Å²) >= 11 is 0. The molecule has 0 saturated carbocycles. The molecule has 1 aromatic carbocycles. The summed E-state index contributed by atoms with van der Waals surface area (Å²) in [6, 6.07) is 9.57. The second-order valence-corrected chi connectivity index (χ2v) is 8.18. The van der Waals surface area contributed by atoms with Gasteiger partial charge >= 0.3 is 0 Å². The van der Waals surface area contributed by atoms with Crippen LogP contribution in [0.2, 0.25) is 0 Å². The van der Waals surface area contributed by atoms with Gasteiger partial charge < -0.3 is 14.5 Å². The van der Waals surface area contributed by atoms with Gasteiger partial charge in [-0.25, -0.2) is 4.68 Å². The molecule has 0 radical (unpaired) electrons. The van der Waals surface area contributed by atoms with E-state index in [0.29, 0.717) is 31.8 Å². The average Bonchev–Trinajstić information content (AvgIpc) is 3.39. The van der Waals surface area contributed by atoms with Gasteiger partial charge in [0.1, 0.15) is 0 Å². The summed E-state index contributed by atoms with van der Waals surface area (Å²) in [6.45, 7) is 7.03. The molecule has 154 valence electrons. The lowest BCUT2D eigenvalue weighted by atomic mass is 9.85. The third-order valence-corrected chi connectivity index (χ3v) is 6.18. The Bertz CT molecular complexity index is 921. The van der Waals surface area contributed by atoms with Crippen LogP contribution in [0.3, 0.4) is 0 Å². The number of ether oxygens (including phenoxy) is 1. The Balaban J connectivity index is 1.44. The first-order valence-corrected chi connectivity index (χ1v) is 10.1. The minimum atomic E-state index is -0.410. The Morgan fingerprint density at radius 1 is 1.17 bits per heavy atom. The molecule has 2 saturated heterocycles. The molecule has 1 aromatic heterocycles. The van der Waals surface area contributed by atoms with Crippen molar-refractivity contribution >= 4 is 11.8 Å². The molecule has 2 aliphatic rings. The number of benzene rings is 1. The Morgan fingerprint density at radius 3 is 2.55 bits per heavy atom. The lowest BCUT2D eigenvalue weighted by Crippen LogP contribution is -2.39. The van der Waals surface area contributed by atoms with E-state index in [1.807, 2.05) is 58.7 Å². The van der Waals surface area contributed by atoms with E-state index in [0.717, 1.165) is 36.5 Å². The number of hydrogen-bond donors (Lipinski definition) is 0. The van der Waals surface area contributed by atoms with Crippen LogP contribution >= 0.6 is 0 Å². The Hall–Kier alpha value is -2.67. The van der Waals surface area contributed by atoms with Crippen molar-refractivity contribution in [3.63, 3.8) is 0 Å². The summed E-state index contributed by atoms with van der Waals surface area (Å²) in [7, 11) is 1.65. The van der Waals surface area contributed by atoms with Gasteiger partial charge in [0.05, 0.1) is 23.4 Å². The normalized spacial score (nSPS) is 21.6. The molecule has 4 rings (SSSR count). The molecule has 7 nitrogen and oxygen atoms in total. The molecule has 2 amide bonds. The highest BCUT2D eigenvalue weighted by molar-refractivity contribution is 5.96. The van der Waals surface area contributed by atoms with Crippen LogP contribution in [-0.2, 0) is 9.53 Å². The van der Waals surface area contributed by atoms with Gasteiger partial charge in [-0.05, 0) is 57.0 Å². The SMILES string of the molecule is COCCN1CCC2(CCN(C(=O)c3ccc(-n4nc(C)cc4C)cc3)C2)C1=O. The summed E-state index contributed by atoms with van der Waals surface area (Å²) in [5, 5.41) is 4.49. The second kappa shape index (κ2) is 7.63. The molecule has 1 unspecified atom stereocenters. The molecule has 1 spiro atoms. The molecule has 0 aliphatic carbocycles. The van der Waals surface area contributed by atoms with Crippen LogP contribution in [0, 0.1) is 19.3 Å². The summed E-state index contributed by atoms with van der Waals surface area (Å²) in [6.07, 6.45) is 1.56. The third-order valence-electron chi connectivity index (χ3n) is 6.18. The maximum absolute atomic E-state index is 13.0. The zero-order valence-electron chi connectivity index (χ0n) is 17.4. The predicted octanol–water partition coefficient (Wildman–Crippen LogP) is 2.20. The van der Waals surface area contributed by atoms with Crippen LogP contribution in [0.4, 0.5) is 0 Å². The van der Waals surface area contributed by atoms with E-state index in [-0.39, 0.29) is 11.8 Å². The molecule has 0 bridgehead atoms. The Labute approximate surface area is 171 Å². The first kappa shape index (κ1) is 19.6. The van der Waals surface area contributed by atoms with E-state index in [1.165, 1.54) is 0 Å². The van der Waals surface area contributed by atoms with Gasteiger partial charge in [-0.1, -0.05) is 0 Å². The largest absolute Gasteiger partial charge is 0.383 e. The van der Waals surface area contributed by atoms with Crippen molar-refractivity contribution in [3.05, 3.63) is 47.3 Å². The van der Waals surface area contributed by atoms with Crippen molar-refractivity contribution in [2.45, 2.75) is 26.7 Å². The van der Waals surface area contributed by atoms with Crippen molar-refractivity contribution in [1.82, 2.24) is 19.6 Å². The van der Waals surface area contributed by atoms with Crippen LogP contribution in [0.5, 0.6) is 0 Å². The monoisotopic (exact) mass is 396 g/mol. The van der Waals surface area contributed by atoms with E-state index in [9.17, 15) is 9.59 Å². The second-order valence-electron chi connectivity index (χ2n) is 8.18. The number of rotatable bonds is 5. The molecular formula is C22H28N4O3. The number of likely N-dealkylation sites (tertiary alicyclic amines) is 2. The van der Waals surface area contributed by atoms with E-state index in [4.69, 9.17) is 4.74 Å². The van der Waals surface area contributed by atoms with Crippen LogP contribution < -0.4 is 0 Å². The number of aromatic nitrogens is 2. The van der Waals surface area contributed by atoms with Gasteiger partial charge in [-0.3, -0.25) is 9.59 Å². The van der Waals surface area contributed by atoms with Gasteiger partial charge in [0.25, 0.3) is 5.91 Å². The fourth-order valence-corrected chi connectivity index (χ4v) is 4.55. The molecule has 7 heteroatoms. The number of carbonyl (C=O) groups excluding carboxylic acids is 2. The number of aryl methyl sites for hydroxylation is 2. The molecular weight excluding hydrogens is 368 g/mol. The van der Waals surface area contributed by atoms with E-state index in [1.54, 1.807) is 7.11 Å². The summed E-state index contributed by atoms with van der Waals surface area (Å²) in [5.41, 5.74) is 3.19.